The maximum Gasteiger partial charge on any atom is 0.224 e. The molecular formula is C14H28N2O. The highest BCUT2D eigenvalue weighted by Gasteiger charge is 2.26. The Hall–Kier alpha value is -0.570. The Labute approximate surface area is 106 Å². The van der Waals surface area contributed by atoms with Crippen molar-refractivity contribution in [3.05, 3.63) is 0 Å². The van der Waals surface area contributed by atoms with Gasteiger partial charge in [-0.05, 0) is 30.6 Å². The molecule has 0 radical (unpaired) electrons. The zero-order valence-corrected chi connectivity index (χ0v) is 11.8. The van der Waals surface area contributed by atoms with Gasteiger partial charge in [-0.3, -0.25) is 4.79 Å². The minimum absolute atomic E-state index is 0.00115. The molecule has 0 aromatic rings. The minimum atomic E-state index is -0.00115. The van der Waals surface area contributed by atoms with Crippen LogP contribution in [0, 0.1) is 11.3 Å². The number of hydrogen-bond acceptors (Lipinski definition) is 2. The second-order valence-corrected chi connectivity index (χ2v) is 6.51. The monoisotopic (exact) mass is 240 g/mol. The van der Waals surface area contributed by atoms with Crippen LogP contribution >= 0.6 is 0 Å². The van der Waals surface area contributed by atoms with Crippen LogP contribution in [0.25, 0.3) is 0 Å². The molecule has 0 saturated carbocycles. The predicted molar refractivity (Wildman–Crippen MR) is 71.6 cm³/mol. The van der Waals surface area contributed by atoms with Crippen LogP contribution in [0.2, 0.25) is 0 Å². The first-order valence-corrected chi connectivity index (χ1v) is 6.85. The predicted octanol–water partition coefficient (Wildman–Crippen LogP) is 2.40. The van der Waals surface area contributed by atoms with E-state index in [2.05, 4.69) is 27.7 Å². The molecule has 0 aromatic heterocycles. The van der Waals surface area contributed by atoms with Crippen molar-refractivity contribution in [3.8, 4) is 0 Å². The summed E-state index contributed by atoms with van der Waals surface area (Å²) < 4.78 is 0. The van der Waals surface area contributed by atoms with Crippen molar-refractivity contribution in [1.29, 1.82) is 0 Å². The number of nitrogens with two attached hydrogens (primary N) is 1. The third kappa shape index (κ3) is 4.66. The lowest BCUT2D eigenvalue weighted by Crippen LogP contribution is -2.38. The molecule has 1 rings (SSSR count). The topological polar surface area (TPSA) is 46.3 Å². The van der Waals surface area contributed by atoms with E-state index in [1.807, 2.05) is 4.90 Å². The lowest BCUT2D eigenvalue weighted by molar-refractivity contribution is -0.131. The van der Waals surface area contributed by atoms with Gasteiger partial charge >= 0.3 is 0 Å². The molecular weight excluding hydrogens is 212 g/mol. The summed E-state index contributed by atoms with van der Waals surface area (Å²) in [5.41, 5.74) is 6.35. The summed E-state index contributed by atoms with van der Waals surface area (Å²) in [6, 6.07) is -0.00115. The van der Waals surface area contributed by atoms with Crippen molar-refractivity contribution in [2.75, 3.05) is 13.1 Å². The first kappa shape index (κ1) is 14.5. The van der Waals surface area contributed by atoms with Gasteiger partial charge in [0.25, 0.3) is 0 Å². The molecule has 0 bridgehead atoms. The molecule has 1 saturated heterocycles. The van der Waals surface area contributed by atoms with E-state index in [4.69, 9.17) is 5.73 Å². The van der Waals surface area contributed by atoms with Gasteiger partial charge in [-0.1, -0.05) is 27.7 Å². The van der Waals surface area contributed by atoms with Gasteiger partial charge in [0, 0.05) is 25.6 Å². The molecule has 3 nitrogen and oxygen atoms in total. The van der Waals surface area contributed by atoms with Crippen LogP contribution in [0.5, 0.6) is 0 Å². The fraction of sp³-hybridized carbons (Fsp3) is 0.929. The Kier molecular flexibility index (Phi) is 4.99. The highest BCUT2D eigenvalue weighted by molar-refractivity contribution is 5.76. The van der Waals surface area contributed by atoms with Crippen LogP contribution in [0.15, 0.2) is 0 Å². The molecule has 1 atom stereocenters. The van der Waals surface area contributed by atoms with Gasteiger partial charge in [0.1, 0.15) is 0 Å². The molecule has 1 amide bonds. The third-order valence-electron chi connectivity index (χ3n) is 3.96. The molecule has 1 heterocycles. The van der Waals surface area contributed by atoms with E-state index >= 15 is 0 Å². The zero-order valence-electron chi connectivity index (χ0n) is 11.8. The molecule has 1 aliphatic rings. The van der Waals surface area contributed by atoms with Gasteiger partial charge in [0.05, 0.1) is 0 Å². The van der Waals surface area contributed by atoms with Crippen molar-refractivity contribution >= 4 is 5.91 Å². The summed E-state index contributed by atoms with van der Waals surface area (Å²) >= 11 is 0. The van der Waals surface area contributed by atoms with Crippen LogP contribution in [0.3, 0.4) is 0 Å². The second kappa shape index (κ2) is 5.85. The van der Waals surface area contributed by atoms with Crippen molar-refractivity contribution in [3.63, 3.8) is 0 Å². The van der Waals surface area contributed by atoms with Crippen molar-refractivity contribution < 1.29 is 4.79 Å². The maximum atomic E-state index is 12.1. The SMILES string of the molecule is CC(C)C(N)CC(=O)N1CCCC(C)(C)CC1. The molecule has 0 aliphatic carbocycles. The van der Waals surface area contributed by atoms with Crippen LogP contribution in [-0.4, -0.2) is 29.9 Å². The molecule has 0 aromatic carbocycles. The average molecular weight is 240 g/mol. The largest absolute Gasteiger partial charge is 0.343 e. The van der Waals surface area contributed by atoms with Crippen molar-refractivity contribution in [2.45, 2.75) is 59.4 Å². The number of carbonyl (C=O) groups is 1. The van der Waals surface area contributed by atoms with E-state index in [-0.39, 0.29) is 11.9 Å². The number of rotatable bonds is 3. The molecule has 3 heteroatoms. The van der Waals surface area contributed by atoms with E-state index in [1.54, 1.807) is 0 Å². The fourth-order valence-corrected chi connectivity index (χ4v) is 2.24. The Morgan fingerprint density at radius 2 is 1.94 bits per heavy atom. The summed E-state index contributed by atoms with van der Waals surface area (Å²) in [5.74, 6) is 0.617. The Morgan fingerprint density at radius 3 is 2.53 bits per heavy atom. The molecule has 1 aliphatic heterocycles. The maximum absolute atomic E-state index is 12.1. The van der Waals surface area contributed by atoms with Crippen LogP contribution in [0.4, 0.5) is 0 Å². The molecule has 1 unspecified atom stereocenters. The standard InChI is InChI=1S/C14H28N2O/c1-11(2)12(15)10-13(17)16-8-5-6-14(3,4)7-9-16/h11-12H,5-10,15H2,1-4H3. The van der Waals surface area contributed by atoms with Crippen LogP contribution in [0.1, 0.15) is 53.4 Å². The summed E-state index contributed by atoms with van der Waals surface area (Å²) in [5, 5.41) is 0. The van der Waals surface area contributed by atoms with Gasteiger partial charge in [0.15, 0.2) is 0 Å². The summed E-state index contributed by atoms with van der Waals surface area (Å²) in [6.45, 7) is 10.5. The summed E-state index contributed by atoms with van der Waals surface area (Å²) in [4.78, 5) is 14.1. The molecule has 100 valence electrons. The summed E-state index contributed by atoms with van der Waals surface area (Å²) in [7, 11) is 0. The van der Waals surface area contributed by atoms with Gasteiger partial charge in [-0.15, -0.1) is 0 Å². The molecule has 1 fully saturated rings. The lowest BCUT2D eigenvalue weighted by atomic mass is 9.85. The van der Waals surface area contributed by atoms with Crippen LogP contribution < -0.4 is 5.73 Å². The van der Waals surface area contributed by atoms with Gasteiger partial charge in [0.2, 0.25) is 5.91 Å². The second-order valence-electron chi connectivity index (χ2n) is 6.51. The lowest BCUT2D eigenvalue weighted by Gasteiger charge is -2.25. The number of amides is 1. The van der Waals surface area contributed by atoms with E-state index < -0.39 is 0 Å². The average Bonchev–Trinajstić information content (AvgIpc) is 2.39. The molecule has 0 spiro atoms. The number of carbonyl (C=O) groups excluding carboxylic acids is 1. The normalized spacial score (nSPS) is 22.4. The quantitative estimate of drug-likeness (QED) is 0.823. The highest BCUT2D eigenvalue weighted by Crippen LogP contribution is 2.30. The fourth-order valence-electron chi connectivity index (χ4n) is 2.24. The Bertz CT molecular complexity index is 261. The number of hydrogen-bond donors (Lipinski definition) is 1. The Balaban J connectivity index is 2.47. The van der Waals surface area contributed by atoms with Crippen molar-refractivity contribution in [1.82, 2.24) is 4.90 Å². The van der Waals surface area contributed by atoms with Crippen molar-refractivity contribution in [2.24, 2.45) is 17.1 Å². The highest BCUT2D eigenvalue weighted by atomic mass is 16.2. The first-order valence-electron chi connectivity index (χ1n) is 6.85. The van der Waals surface area contributed by atoms with Gasteiger partial charge < -0.3 is 10.6 Å². The number of likely N-dealkylation sites (tertiary alicyclic amines) is 1. The Morgan fingerprint density at radius 1 is 1.29 bits per heavy atom. The van der Waals surface area contributed by atoms with E-state index in [1.165, 1.54) is 6.42 Å². The van der Waals surface area contributed by atoms with E-state index in [0.29, 0.717) is 17.8 Å². The summed E-state index contributed by atoms with van der Waals surface area (Å²) in [6.07, 6.45) is 3.94. The number of nitrogens with zero attached hydrogens (tertiary/aromatic N) is 1. The minimum Gasteiger partial charge on any atom is -0.343 e. The third-order valence-corrected chi connectivity index (χ3v) is 3.96. The van der Waals surface area contributed by atoms with Gasteiger partial charge in [-0.2, -0.15) is 0 Å². The smallest absolute Gasteiger partial charge is 0.224 e. The van der Waals surface area contributed by atoms with Gasteiger partial charge in [-0.25, -0.2) is 0 Å². The first-order chi connectivity index (χ1) is 7.82. The molecule has 2 N–H and O–H groups in total. The van der Waals surface area contributed by atoms with E-state index in [0.717, 1.165) is 25.9 Å². The zero-order chi connectivity index (χ0) is 13.1. The van der Waals surface area contributed by atoms with Crippen LogP contribution in [-0.2, 0) is 4.79 Å². The molecule has 17 heavy (non-hydrogen) atoms. The van der Waals surface area contributed by atoms with E-state index in [9.17, 15) is 4.79 Å².